The third-order valence-corrected chi connectivity index (χ3v) is 3.80. The van der Waals surface area contributed by atoms with E-state index in [-0.39, 0.29) is 23.5 Å². The van der Waals surface area contributed by atoms with Gasteiger partial charge in [-0.15, -0.1) is 0 Å². The summed E-state index contributed by atoms with van der Waals surface area (Å²) in [7, 11) is 0. The summed E-state index contributed by atoms with van der Waals surface area (Å²) in [5.74, 6) is -5.00. The number of hydrogen-bond acceptors (Lipinski definition) is 4. The quantitative estimate of drug-likeness (QED) is 0.575. The van der Waals surface area contributed by atoms with E-state index in [2.05, 4.69) is 0 Å². The van der Waals surface area contributed by atoms with Gasteiger partial charge in [0.2, 0.25) is 0 Å². The second-order valence-corrected chi connectivity index (χ2v) is 5.64. The van der Waals surface area contributed by atoms with E-state index in [0.717, 1.165) is 19.1 Å². The first-order valence-electron chi connectivity index (χ1n) is 7.71. The van der Waals surface area contributed by atoms with Crippen molar-refractivity contribution in [3.05, 3.63) is 65.2 Å². The summed E-state index contributed by atoms with van der Waals surface area (Å²) in [6.07, 6.45) is -0.439. The van der Waals surface area contributed by atoms with Crippen molar-refractivity contribution in [1.82, 2.24) is 0 Å². The number of halogens is 2. The van der Waals surface area contributed by atoms with E-state index in [9.17, 15) is 23.2 Å². The van der Waals surface area contributed by atoms with Crippen LogP contribution in [0.5, 0.6) is 5.75 Å². The van der Waals surface area contributed by atoms with Crippen LogP contribution in [-0.2, 0) is 16.2 Å². The van der Waals surface area contributed by atoms with Gasteiger partial charge in [0, 0.05) is 12.0 Å². The third kappa shape index (κ3) is 4.72. The molecule has 1 N–H and O–H groups in total. The maximum absolute atomic E-state index is 13.5. The molecule has 5 nitrogen and oxygen atoms in total. The van der Waals surface area contributed by atoms with Crippen LogP contribution < -0.4 is 4.74 Å². The molecule has 0 amide bonds. The van der Waals surface area contributed by atoms with Crippen LogP contribution in [0.2, 0.25) is 0 Å². The van der Waals surface area contributed by atoms with E-state index in [4.69, 9.17) is 9.84 Å². The Bertz CT molecular complexity index is 796. The Labute approximate surface area is 148 Å². The fourth-order valence-corrected chi connectivity index (χ4v) is 2.27. The van der Waals surface area contributed by atoms with Crippen molar-refractivity contribution < 1.29 is 33.0 Å². The predicted octanol–water partition coefficient (Wildman–Crippen LogP) is 3.41. The van der Waals surface area contributed by atoms with Gasteiger partial charge < -0.3 is 9.84 Å². The largest absolute Gasteiger partial charge is 0.489 e. The van der Waals surface area contributed by atoms with E-state index in [1.165, 1.54) is 30.3 Å². The summed E-state index contributed by atoms with van der Waals surface area (Å²) in [6, 6.07) is 9.14. The smallest absolute Gasteiger partial charge is 0.314 e. The van der Waals surface area contributed by atoms with Gasteiger partial charge in [0.15, 0.2) is 5.78 Å². The van der Waals surface area contributed by atoms with Gasteiger partial charge in [-0.2, -0.15) is 0 Å². The minimum absolute atomic E-state index is 0.210. The zero-order chi connectivity index (χ0) is 19.3. The second kappa shape index (κ2) is 8.33. The number of carboxylic acids is 1. The van der Waals surface area contributed by atoms with Crippen LogP contribution in [-0.4, -0.2) is 22.6 Å². The standard InChI is InChI=1S/C19H16F2O5/c1-11(22)14(19(24)25)9-18(23)12-5-7-13(8-6-12)26-10-15-16(20)3-2-4-17(15)21/h2-8,14H,9-10H2,1H3,(H,24,25). The van der Waals surface area contributed by atoms with Crippen LogP contribution in [0.3, 0.4) is 0 Å². The molecule has 2 aromatic carbocycles. The number of rotatable bonds is 8. The molecular formula is C19H16F2O5. The Morgan fingerprint density at radius 2 is 1.62 bits per heavy atom. The van der Waals surface area contributed by atoms with E-state index >= 15 is 0 Å². The maximum Gasteiger partial charge on any atom is 0.314 e. The van der Waals surface area contributed by atoms with Gasteiger partial charge in [0.1, 0.15) is 35.7 Å². The highest BCUT2D eigenvalue weighted by Crippen LogP contribution is 2.19. The van der Waals surface area contributed by atoms with Crippen molar-refractivity contribution in [2.75, 3.05) is 0 Å². The molecular weight excluding hydrogens is 346 g/mol. The van der Waals surface area contributed by atoms with E-state index in [1.807, 2.05) is 0 Å². The number of aliphatic carboxylic acids is 1. The number of ether oxygens (including phenoxy) is 1. The molecule has 2 aromatic rings. The molecule has 0 fully saturated rings. The fourth-order valence-electron chi connectivity index (χ4n) is 2.27. The van der Waals surface area contributed by atoms with E-state index in [0.29, 0.717) is 0 Å². The number of carbonyl (C=O) groups is 3. The van der Waals surface area contributed by atoms with Gasteiger partial charge in [0.25, 0.3) is 0 Å². The Kier molecular flexibility index (Phi) is 6.16. The predicted molar refractivity (Wildman–Crippen MR) is 87.9 cm³/mol. The van der Waals surface area contributed by atoms with Crippen molar-refractivity contribution in [3.8, 4) is 5.75 Å². The molecule has 26 heavy (non-hydrogen) atoms. The van der Waals surface area contributed by atoms with Crippen LogP contribution in [0.4, 0.5) is 8.78 Å². The van der Waals surface area contributed by atoms with Gasteiger partial charge in [-0.1, -0.05) is 6.07 Å². The van der Waals surface area contributed by atoms with E-state index < -0.39 is 41.5 Å². The zero-order valence-electron chi connectivity index (χ0n) is 13.9. The van der Waals surface area contributed by atoms with Crippen molar-refractivity contribution >= 4 is 17.5 Å². The average molecular weight is 362 g/mol. The lowest BCUT2D eigenvalue weighted by Crippen LogP contribution is -2.24. The molecule has 2 rings (SSSR count). The summed E-state index contributed by atoms with van der Waals surface area (Å²) in [5, 5.41) is 8.95. The number of Topliss-reactive ketones (excluding diaryl/α,β-unsaturated/α-hetero) is 2. The van der Waals surface area contributed by atoms with Gasteiger partial charge in [-0.05, 0) is 43.3 Å². The van der Waals surface area contributed by atoms with Crippen molar-refractivity contribution in [3.63, 3.8) is 0 Å². The molecule has 1 atom stereocenters. The average Bonchev–Trinajstić information content (AvgIpc) is 2.59. The molecule has 1 unspecified atom stereocenters. The lowest BCUT2D eigenvalue weighted by molar-refractivity contribution is -0.145. The summed E-state index contributed by atoms with van der Waals surface area (Å²) in [6.45, 7) is 0.794. The summed E-state index contributed by atoms with van der Waals surface area (Å²) < 4.78 is 32.4. The molecule has 0 saturated heterocycles. The molecule has 0 heterocycles. The topological polar surface area (TPSA) is 80.7 Å². The molecule has 0 radical (unpaired) electrons. The molecule has 0 aliphatic heterocycles. The van der Waals surface area contributed by atoms with Crippen LogP contribution in [0.1, 0.15) is 29.3 Å². The van der Waals surface area contributed by atoms with Gasteiger partial charge in [0.05, 0.1) is 5.56 Å². The molecule has 136 valence electrons. The van der Waals surface area contributed by atoms with Crippen LogP contribution in [0.25, 0.3) is 0 Å². The minimum Gasteiger partial charge on any atom is -0.489 e. The number of carbonyl (C=O) groups excluding carboxylic acids is 2. The molecule has 0 saturated carbocycles. The van der Waals surface area contributed by atoms with Crippen LogP contribution >= 0.6 is 0 Å². The second-order valence-electron chi connectivity index (χ2n) is 5.64. The minimum atomic E-state index is -1.39. The Morgan fingerprint density at radius 3 is 2.12 bits per heavy atom. The molecule has 0 aromatic heterocycles. The lowest BCUT2D eigenvalue weighted by atomic mass is 9.95. The summed E-state index contributed by atoms with van der Waals surface area (Å²) >= 11 is 0. The fraction of sp³-hybridized carbons (Fsp3) is 0.211. The lowest BCUT2D eigenvalue weighted by Gasteiger charge is -2.10. The van der Waals surface area contributed by atoms with Crippen molar-refractivity contribution in [2.24, 2.45) is 5.92 Å². The molecule has 0 spiro atoms. The Hall–Kier alpha value is -3.09. The number of ketones is 2. The SMILES string of the molecule is CC(=O)C(CC(=O)c1ccc(OCc2c(F)cccc2F)cc1)C(=O)O. The first-order valence-corrected chi connectivity index (χ1v) is 7.71. The van der Waals surface area contributed by atoms with Gasteiger partial charge >= 0.3 is 5.97 Å². The molecule has 0 bridgehead atoms. The Balaban J connectivity index is 2.03. The third-order valence-electron chi connectivity index (χ3n) is 3.80. The highest BCUT2D eigenvalue weighted by Gasteiger charge is 2.26. The van der Waals surface area contributed by atoms with Crippen molar-refractivity contribution in [1.29, 1.82) is 0 Å². The van der Waals surface area contributed by atoms with Gasteiger partial charge in [-0.3, -0.25) is 14.4 Å². The van der Waals surface area contributed by atoms with Gasteiger partial charge in [-0.25, -0.2) is 8.78 Å². The molecule has 7 heteroatoms. The highest BCUT2D eigenvalue weighted by molar-refractivity contribution is 6.05. The summed E-state index contributed by atoms with van der Waals surface area (Å²) in [4.78, 5) is 34.3. The molecule has 0 aliphatic rings. The van der Waals surface area contributed by atoms with E-state index in [1.54, 1.807) is 0 Å². The molecule has 0 aliphatic carbocycles. The van der Waals surface area contributed by atoms with Crippen LogP contribution in [0, 0.1) is 17.6 Å². The maximum atomic E-state index is 13.5. The highest BCUT2D eigenvalue weighted by atomic mass is 19.1. The van der Waals surface area contributed by atoms with Crippen LogP contribution in [0.15, 0.2) is 42.5 Å². The first-order chi connectivity index (χ1) is 12.3. The first kappa shape index (κ1) is 19.2. The number of carboxylic acid groups (broad SMARTS) is 1. The number of benzene rings is 2. The normalized spacial score (nSPS) is 11.7. The monoisotopic (exact) mass is 362 g/mol. The Morgan fingerprint density at radius 1 is 1.04 bits per heavy atom. The number of hydrogen-bond donors (Lipinski definition) is 1. The summed E-state index contributed by atoms with van der Waals surface area (Å²) in [5.41, 5.74) is 0.000309. The zero-order valence-corrected chi connectivity index (χ0v) is 13.9. The van der Waals surface area contributed by atoms with Crippen molar-refractivity contribution in [2.45, 2.75) is 20.0 Å².